The van der Waals surface area contributed by atoms with Gasteiger partial charge >= 0.3 is 11.9 Å². The van der Waals surface area contributed by atoms with Crippen LogP contribution in [0, 0.1) is 5.92 Å². The van der Waals surface area contributed by atoms with Crippen LogP contribution in [0.3, 0.4) is 0 Å². The van der Waals surface area contributed by atoms with E-state index < -0.39 is 50.0 Å². The van der Waals surface area contributed by atoms with Crippen LogP contribution >= 0.6 is 7.37 Å². The van der Waals surface area contributed by atoms with Gasteiger partial charge in [0.05, 0.1) is 12.2 Å². The maximum atomic E-state index is 12.0. The topological polar surface area (TPSA) is 141 Å². The van der Waals surface area contributed by atoms with Gasteiger partial charge in [-0.25, -0.2) is 0 Å². The molecule has 2 atom stereocenters. The predicted octanol–water partition coefficient (Wildman–Crippen LogP) is 1.21. The van der Waals surface area contributed by atoms with Crippen LogP contribution in [-0.4, -0.2) is 45.4 Å². The summed E-state index contributed by atoms with van der Waals surface area (Å²) in [6, 6.07) is 8.06. The number of aliphatic carboxylic acids is 2. The minimum atomic E-state index is -3.94. The molecule has 1 amide bonds. The number of nitrogens with one attached hydrogen (secondary N) is 1. The molecule has 23 heavy (non-hydrogen) atoms. The second kappa shape index (κ2) is 8.45. The lowest BCUT2D eigenvalue weighted by Gasteiger charge is -2.17. The Hall–Kier alpha value is -2.18. The fraction of sp³-hybridized carbons (Fsp3) is 0.357. The van der Waals surface area contributed by atoms with E-state index in [0.717, 1.165) is 0 Å². The summed E-state index contributed by atoms with van der Waals surface area (Å²) in [4.78, 5) is 43.1. The molecular weight excluding hydrogens is 325 g/mol. The lowest BCUT2D eigenvalue weighted by molar-refractivity contribution is -0.142. The molecule has 0 aliphatic heterocycles. The van der Waals surface area contributed by atoms with E-state index in [0.29, 0.717) is 5.56 Å². The van der Waals surface area contributed by atoms with Crippen molar-refractivity contribution in [2.24, 2.45) is 5.92 Å². The van der Waals surface area contributed by atoms with Crippen LogP contribution in [-0.2, 0) is 14.2 Å². The first-order chi connectivity index (χ1) is 10.7. The molecule has 0 saturated carbocycles. The molecule has 126 valence electrons. The molecule has 0 fully saturated rings. The van der Waals surface area contributed by atoms with Gasteiger partial charge in [-0.2, -0.15) is 0 Å². The lowest BCUT2D eigenvalue weighted by atomic mass is 10.1. The average Bonchev–Trinajstić information content (AvgIpc) is 2.49. The van der Waals surface area contributed by atoms with Crippen LogP contribution in [0.4, 0.5) is 0 Å². The summed E-state index contributed by atoms with van der Waals surface area (Å²) in [5.41, 5.74) is 0.313. The molecule has 0 bridgehead atoms. The minimum Gasteiger partial charge on any atom is -0.481 e. The molecule has 1 rings (SSSR count). The number of carboxylic acids is 2. The highest BCUT2D eigenvalue weighted by molar-refractivity contribution is 7.58. The van der Waals surface area contributed by atoms with Crippen molar-refractivity contribution < 1.29 is 34.1 Å². The van der Waals surface area contributed by atoms with E-state index in [-0.39, 0.29) is 6.42 Å². The van der Waals surface area contributed by atoms with Gasteiger partial charge in [0.15, 0.2) is 0 Å². The van der Waals surface area contributed by atoms with E-state index in [9.17, 15) is 23.8 Å². The van der Waals surface area contributed by atoms with Crippen LogP contribution < -0.4 is 5.32 Å². The van der Waals surface area contributed by atoms with Gasteiger partial charge in [-0.1, -0.05) is 18.2 Å². The first kappa shape index (κ1) is 18.9. The second-order valence-electron chi connectivity index (χ2n) is 5.03. The van der Waals surface area contributed by atoms with Crippen LogP contribution in [0.5, 0.6) is 0 Å². The number of hydrogen-bond donors (Lipinski definition) is 4. The van der Waals surface area contributed by atoms with Crippen molar-refractivity contribution in [3.05, 3.63) is 35.9 Å². The summed E-state index contributed by atoms with van der Waals surface area (Å²) in [6.07, 6.45) is -1.82. The summed E-state index contributed by atoms with van der Waals surface area (Å²) >= 11 is 0. The molecule has 0 aromatic heterocycles. The molecule has 9 heteroatoms. The molecule has 1 aromatic rings. The smallest absolute Gasteiger partial charge is 0.307 e. The molecule has 0 heterocycles. The number of carboxylic acid groups (broad SMARTS) is 2. The fourth-order valence-electron chi connectivity index (χ4n) is 1.89. The maximum Gasteiger partial charge on any atom is 0.307 e. The van der Waals surface area contributed by atoms with Crippen molar-refractivity contribution in [2.45, 2.75) is 12.8 Å². The number of hydrogen-bond acceptors (Lipinski definition) is 4. The maximum absolute atomic E-state index is 12.0. The number of carbonyl (C=O) groups excluding carboxylic acids is 1. The van der Waals surface area contributed by atoms with E-state index >= 15 is 0 Å². The molecule has 0 aliphatic carbocycles. The highest BCUT2D eigenvalue weighted by Gasteiger charge is 2.29. The van der Waals surface area contributed by atoms with E-state index in [2.05, 4.69) is 5.32 Å². The zero-order valence-corrected chi connectivity index (χ0v) is 13.1. The molecule has 0 aliphatic rings. The summed E-state index contributed by atoms with van der Waals surface area (Å²) in [5, 5.41) is 19.8. The van der Waals surface area contributed by atoms with Gasteiger partial charge in [0.25, 0.3) is 5.91 Å². The van der Waals surface area contributed by atoms with Crippen LogP contribution in [0.15, 0.2) is 30.3 Å². The summed E-state index contributed by atoms with van der Waals surface area (Å²) < 4.78 is 12.0. The summed E-state index contributed by atoms with van der Waals surface area (Å²) in [6.45, 7) is 0. The lowest BCUT2D eigenvalue weighted by Crippen LogP contribution is -2.27. The van der Waals surface area contributed by atoms with Crippen LogP contribution in [0.1, 0.15) is 23.2 Å². The number of benzene rings is 1. The highest BCUT2D eigenvalue weighted by Crippen LogP contribution is 2.42. The van der Waals surface area contributed by atoms with Gasteiger partial charge in [0.1, 0.15) is 0 Å². The SMILES string of the molecule is O=C(O)CCC(CP(=O)(O)CNC(=O)c1ccccc1)C(=O)O. The quantitative estimate of drug-likeness (QED) is 0.494. The third-order valence-electron chi connectivity index (χ3n) is 3.08. The van der Waals surface area contributed by atoms with Crippen molar-refractivity contribution in [2.75, 3.05) is 12.4 Å². The standard InChI is InChI=1S/C14H18NO7P/c16-12(17)7-6-11(14(19)20)8-23(21,22)9-15-13(18)10-4-2-1-3-5-10/h1-5,11H,6-9H2,(H,15,18)(H,16,17)(H,19,20)(H,21,22). The Morgan fingerprint density at radius 3 is 2.26 bits per heavy atom. The predicted molar refractivity (Wildman–Crippen MR) is 81.5 cm³/mol. The Morgan fingerprint density at radius 2 is 1.74 bits per heavy atom. The third kappa shape index (κ3) is 7.08. The van der Waals surface area contributed by atoms with Crippen molar-refractivity contribution in [3.8, 4) is 0 Å². The third-order valence-corrected chi connectivity index (χ3v) is 4.75. The van der Waals surface area contributed by atoms with Gasteiger partial charge in [0.2, 0.25) is 7.37 Å². The van der Waals surface area contributed by atoms with Gasteiger partial charge < -0.3 is 20.4 Å². The van der Waals surface area contributed by atoms with Crippen LogP contribution in [0.25, 0.3) is 0 Å². The molecule has 2 unspecified atom stereocenters. The van der Waals surface area contributed by atoms with Crippen LogP contribution in [0.2, 0.25) is 0 Å². The Labute approximate surface area is 132 Å². The Morgan fingerprint density at radius 1 is 1.13 bits per heavy atom. The van der Waals surface area contributed by atoms with Gasteiger partial charge in [0, 0.05) is 18.1 Å². The van der Waals surface area contributed by atoms with E-state index in [1.54, 1.807) is 18.2 Å². The minimum absolute atomic E-state index is 0.248. The average molecular weight is 343 g/mol. The fourth-order valence-corrected chi connectivity index (χ4v) is 3.43. The molecule has 4 N–H and O–H groups in total. The molecule has 1 aromatic carbocycles. The monoisotopic (exact) mass is 343 g/mol. The number of carbonyl (C=O) groups is 3. The highest BCUT2D eigenvalue weighted by atomic mass is 31.2. The summed E-state index contributed by atoms with van der Waals surface area (Å²) in [5.74, 6) is -4.32. The van der Waals surface area contributed by atoms with Gasteiger partial charge in [-0.15, -0.1) is 0 Å². The Balaban J connectivity index is 2.59. The van der Waals surface area contributed by atoms with Gasteiger partial charge in [-0.05, 0) is 18.6 Å². The first-order valence-corrected chi connectivity index (χ1v) is 8.83. The number of rotatable bonds is 9. The molecular formula is C14H18NO7P. The van der Waals surface area contributed by atoms with E-state index in [1.807, 2.05) is 0 Å². The van der Waals surface area contributed by atoms with Crippen molar-refractivity contribution in [3.63, 3.8) is 0 Å². The zero-order chi connectivity index (χ0) is 17.5. The Bertz CT molecular complexity index is 617. The van der Waals surface area contributed by atoms with Gasteiger partial charge in [-0.3, -0.25) is 18.9 Å². The Kier molecular flexibility index (Phi) is 6.93. The molecule has 8 nitrogen and oxygen atoms in total. The van der Waals surface area contributed by atoms with Crippen molar-refractivity contribution >= 4 is 25.2 Å². The molecule has 0 spiro atoms. The molecule has 0 saturated heterocycles. The van der Waals surface area contributed by atoms with Crippen molar-refractivity contribution in [1.82, 2.24) is 5.32 Å². The van der Waals surface area contributed by atoms with Crippen molar-refractivity contribution in [1.29, 1.82) is 0 Å². The molecule has 0 radical (unpaired) electrons. The van der Waals surface area contributed by atoms with E-state index in [4.69, 9.17) is 10.2 Å². The van der Waals surface area contributed by atoms with E-state index in [1.165, 1.54) is 12.1 Å². The summed E-state index contributed by atoms with van der Waals surface area (Å²) in [7, 11) is -3.94. The first-order valence-electron chi connectivity index (χ1n) is 6.80. The largest absolute Gasteiger partial charge is 0.481 e. The normalized spacial score (nSPS) is 14.5. The number of amides is 1. The second-order valence-corrected chi connectivity index (χ2v) is 7.40. The zero-order valence-electron chi connectivity index (χ0n) is 12.2.